The lowest BCUT2D eigenvalue weighted by Crippen LogP contribution is -2.63. The molecule has 0 saturated carbocycles. The highest BCUT2D eigenvalue weighted by molar-refractivity contribution is 6.00. The highest BCUT2D eigenvalue weighted by Crippen LogP contribution is 2.21. The fourth-order valence-corrected chi connectivity index (χ4v) is 10.9. The van der Waals surface area contributed by atoms with E-state index < -0.39 is 157 Å². The minimum absolute atomic E-state index is 0.0399. The molecule has 24 N–H and O–H groups in total. The number of amides is 12. The number of nitrogens with two attached hydrogens (primary N) is 4. The van der Waals surface area contributed by atoms with E-state index in [1.54, 1.807) is 56.3 Å². The third-order valence-corrected chi connectivity index (χ3v) is 16.5. The van der Waals surface area contributed by atoms with E-state index in [1.165, 1.54) is 17.0 Å². The molecule has 3 aromatic carbocycles. The van der Waals surface area contributed by atoms with Crippen LogP contribution in [0.1, 0.15) is 101 Å². The Hall–Kier alpha value is -10.4. The average Bonchev–Trinajstić information content (AvgIpc) is 1.60. The van der Waals surface area contributed by atoms with Gasteiger partial charge in [-0.2, -0.15) is 0 Å². The molecule has 33 heteroatoms. The molecule has 0 aliphatic carbocycles. The zero-order valence-electron chi connectivity index (χ0n) is 55.3. The Morgan fingerprint density at radius 2 is 1.26 bits per heavy atom. The molecule has 3 aromatic rings. The van der Waals surface area contributed by atoms with Crippen LogP contribution in [0.5, 0.6) is 5.75 Å². The molecule has 0 bridgehead atoms. The highest BCUT2D eigenvalue weighted by atomic mass is 16.3. The fourth-order valence-electron chi connectivity index (χ4n) is 10.9. The summed E-state index contributed by atoms with van der Waals surface area (Å²) >= 11 is 0. The maximum atomic E-state index is 14.8. The van der Waals surface area contributed by atoms with E-state index in [1.807, 2.05) is 30.3 Å². The molecule has 98 heavy (non-hydrogen) atoms. The lowest BCUT2D eigenvalue weighted by atomic mass is 9.96. The third kappa shape index (κ3) is 27.0. The number of hydrogen-bond donors (Lipinski definition) is 20. The van der Waals surface area contributed by atoms with E-state index in [0.29, 0.717) is 37.9 Å². The topological polar surface area (TPSA) is 536 Å². The van der Waals surface area contributed by atoms with Gasteiger partial charge in [0.25, 0.3) is 0 Å². The normalized spacial score (nSPS) is 18.9. The van der Waals surface area contributed by atoms with Gasteiger partial charge in [-0.05, 0) is 105 Å². The molecule has 0 unspecified atom stereocenters. The van der Waals surface area contributed by atoms with E-state index in [4.69, 9.17) is 33.8 Å². The molecule has 2 aliphatic heterocycles. The summed E-state index contributed by atoms with van der Waals surface area (Å²) in [5.41, 5.74) is 24.4. The first kappa shape index (κ1) is 78.3. The maximum absolute atomic E-state index is 14.8. The number of nitrogens with zero attached hydrogens (tertiary/aromatic N) is 1. The summed E-state index contributed by atoms with van der Waals surface area (Å²) in [5.74, 6) is -11.6. The summed E-state index contributed by atoms with van der Waals surface area (Å²) in [4.78, 5) is 170. The van der Waals surface area contributed by atoms with Gasteiger partial charge in [0.15, 0.2) is 11.9 Å². The number of likely N-dealkylation sites (tertiary alicyclic amines) is 1. The van der Waals surface area contributed by atoms with Crippen molar-refractivity contribution < 1.29 is 62.6 Å². The first-order valence-electron chi connectivity index (χ1n) is 32.8. The van der Waals surface area contributed by atoms with Crippen molar-refractivity contribution in [3.8, 4) is 5.75 Å². The zero-order valence-corrected chi connectivity index (χ0v) is 55.3. The molecule has 0 spiro atoms. The fraction of sp³-hybridized carbons (Fsp3) is 0.508. The predicted octanol–water partition coefficient (Wildman–Crippen LogP) is -4.34. The van der Waals surface area contributed by atoms with Gasteiger partial charge in [-0.3, -0.25) is 68.4 Å². The minimum Gasteiger partial charge on any atom is -0.508 e. The maximum Gasteiger partial charge on any atom is 0.245 e. The van der Waals surface area contributed by atoms with Crippen LogP contribution in [0.4, 0.5) is 0 Å². The molecule has 0 aromatic heterocycles. The number of carbonyl (C=O) groups is 12. The van der Waals surface area contributed by atoms with Crippen molar-refractivity contribution in [1.29, 1.82) is 10.8 Å². The highest BCUT2D eigenvalue weighted by Gasteiger charge is 2.41. The molecule has 0 radical (unpaired) electrons. The monoisotopic (exact) mass is 1360 g/mol. The van der Waals surface area contributed by atoms with Crippen LogP contribution in [0.15, 0.2) is 84.9 Å². The van der Waals surface area contributed by atoms with Crippen molar-refractivity contribution in [3.63, 3.8) is 0 Å². The number of benzene rings is 3. The molecule has 33 nitrogen and oxygen atoms in total. The van der Waals surface area contributed by atoms with Gasteiger partial charge in [0.05, 0.1) is 25.6 Å². The van der Waals surface area contributed by atoms with Crippen molar-refractivity contribution >= 4 is 82.8 Å². The molecule has 10 atom stereocenters. The Bertz CT molecular complexity index is 3220. The van der Waals surface area contributed by atoms with Crippen LogP contribution in [0.3, 0.4) is 0 Å². The predicted molar refractivity (Wildman–Crippen MR) is 361 cm³/mol. The van der Waals surface area contributed by atoms with Gasteiger partial charge in [0, 0.05) is 39.1 Å². The van der Waals surface area contributed by atoms with Crippen LogP contribution in [-0.2, 0) is 76.9 Å². The number of phenolic OH excluding ortho intramolecular Hbond substituents is 1. The molecule has 2 aliphatic rings. The molecule has 534 valence electrons. The van der Waals surface area contributed by atoms with E-state index in [2.05, 4.69) is 69.1 Å². The molecular formula is C65H96N20O13. The Kier molecular flexibility index (Phi) is 32.6. The minimum atomic E-state index is -1.83. The summed E-state index contributed by atoms with van der Waals surface area (Å²) < 4.78 is 0. The second kappa shape index (κ2) is 40.8. The number of hydrogen-bond acceptors (Lipinski definition) is 17. The number of guanidine groups is 2. The number of rotatable bonds is 35. The summed E-state index contributed by atoms with van der Waals surface area (Å²) in [7, 11) is 0. The van der Waals surface area contributed by atoms with Gasteiger partial charge in [0.1, 0.15) is 54.1 Å². The molecule has 2 saturated heterocycles. The average molecular weight is 1370 g/mol. The largest absolute Gasteiger partial charge is 0.508 e. The Morgan fingerprint density at radius 1 is 0.643 bits per heavy atom. The van der Waals surface area contributed by atoms with Crippen molar-refractivity contribution in [2.45, 2.75) is 158 Å². The summed E-state index contributed by atoms with van der Waals surface area (Å²) in [6.45, 7) is 2.24. The number of aromatic hydroxyl groups is 1. The smallest absolute Gasteiger partial charge is 0.245 e. The zero-order chi connectivity index (χ0) is 71.7. The summed E-state index contributed by atoms with van der Waals surface area (Å²) in [6.07, 6.45) is 1.13. The first-order chi connectivity index (χ1) is 46.8. The number of unbranched alkanes of at least 4 members (excludes halogenated alkanes) is 1. The Labute approximate surface area is 568 Å². The van der Waals surface area contributed by atoms with E-state index >= 15 is 0 Å². The quantitative estimate of drug-likeness (QED) is 0.0150. The second-order valence-corrected chi connectivity index (χ2v) is 24.1. The summed E-state index contributed by atoms with van der Waals surface area (Å²) in [5, 5.41) is 59.5. The van der Waals surface area contributed by atoms with Crippen LogP contribution in [-0.4, -0.2) is 193 Å². The SMILES string of the molecule is CC[C@H](C)[C@@H]1NC(=O)[C@H](CCCNC(=N)N)NC(=O)[C@@H](NC(=O)[C@H](Cc2ccccc2)NC(=O)CNC(=O)CNC(=O)[C@H](Cc2ccc(O)cc2)NCc2ccccc2)CC(=O)NC[C@@H](C(=O)N[C@@H](CCCNC(=N)N)C(=O)N2CCC[C@H]2C(=O)N[C@@H](CCCCN)C(N)=O)NC1=O. The second-order valence-electron chi connectivity index (χ2n) is 24.1. The van der Waals surface area contributed by atoms with Crippen molar-refractivity contribution in [2.75, 3.05) is 45.8 Å². The molecule has 2 fully saturated rings. The third-order valence-electron chi connectivity index (χ3n) is 16.5. The lowest BCUT2D eigenvalue weighted by Gasteiger charge is -2.32. The van der Waals surface area contributed by atoms with Crippen molar-refractivity contribution in [1.82, 2.24) is 74.0 Å². The Balaban J connectivity index is 1.40. The van der Waals surface area contributed by atoms with Gasteiger partial charge >= 0.3 is 0 Å². The first-order valence-corrected chi connectivity index (χ1v) is 32.8. The molecule has 5 rings (SSSR count). The number of phenols is 1. The molecule has 12 amide bonds. The molecular weight excluding hydrogens is 1270 g/mol. The van der Waals surface area contributed by atoms with Crippen LogP contribution in [0.25, 0.3) is 0 Å². The van der Waals surface area contributed by atoms with Crippen molar-refractivity contribution in [3.05, 3.63) is 102 Å². The van der Waals surface area contributed by atoms with Crippen LogP contribution in [0.2, 0.25) is 0 Å². The number of carbonyl (C=O) groups excluding carboxylic acids is 12. The standard InChI is InChI=1S/C65H96N20O13/c1-3-38(2)54-62(97)83-49(60(95)81-45(21-13-29-73-65(70)71)63(98)85-30-14-22-50(85)61(96)79-43(55(67)90)19-10-11-27-66)35-75-51(87)33-48(59(94)80-44(57(92)84-54)20-12-28-72-64(68)69)82-58(93)47(32-39-15-6-4-7-16-39)78-53(89)37-76-52(88)36-77-56(91)46(31-40-23-25-42(86)26-24-40)74-34-41-17-8-5-9-18-41/h4-9,15-18,23-26,38,43-50,54,74,86H,3,10-14,19-22,27-37,66H2,1-2H3,(H2,67,90)(H,75,87)(H,76,88)(H,77,91)(H,78,89)(H,79,96)(H,80,94)(H,81,95)(H,82,93)(H,83,97)(H,84,92)(H4,68,69,72)(H4,70,71,73)/t38-,43-,44-,45-,46-,47-,48-,49-,50-,54-/m0/s1. The lowest BCUT2D eigenvalue weighted by molar-refractivity contribution is -0.142. The van der Waals surface area contributed by atoms with Gasteiger partial charge in [0.2, 0.25) is 70.9 Å². The summed E-state index contributed by atoms with van der Waals surface area (Å²) in [6, 6.07) is 11.6. The van der Waals surface area contributed by atoms with E-state index in [-0.39, 0.29) is 95.1 Å². The number of primary amides is 1. The van der Waals surface area contributed by atoms with Gasteiger partial charge in [-0.25, -0.2) is 0 Å². The van der Waals surface area contributed by atoms with Gasteiger partial charge < -0.3 is 102 Å². The number of nitrogens with one attached hydrogen (secondary N) is 15. The van der Waals surface area contributed by atoms with Crippen LogP contribution < -0.4 is 92.1 Å². The van der Waals surface area contributed by atoms with Gasteiger partial charge in [-0.1, -0.05) is 93.1 Å². The van der Waals surface area contributed by atoms with E-state index in [9.17, 15) is 62.6 Å². The van der Waals surface area contributed by atoms with Crippen molar-refractivity contribution in [2.24, 2.45) is 28.9 Å². The molecule has 2 heterocycles. The van der Waals surface area contributed by atoms with E-state index in [0.717, 1.165) is 11.1 Å². The Morgan fingerprint density at radius 3 is 1.90 bits per heavy atom. The van der Waals surface area contributed by atoms with Crippen LogP contribution >= 0.6 is 0 Å². The van der Waals surface area contributed by atoms with Crippen LogP contribution in [0, 0.1) is 16.7 Å². The van der Waals surface area contributed by atoms with Gasteiger partial charge in [-0.15, -0.1) is 0 Å².